The van der Waals surface area contributed by atoms with Crippen LogP contribution in [0.2, 0.25) is 0 Å². The fourth-order valence-corrected chi connectivity index (χ4v) is 1.74. The smallest absolute Gasteiger partial charge is 0.0464 e. The first-order chi connectivity index (χ1) is 5.83. The van der Waals surface area contributed by atoms with Gasteiger partial charge in [0.2, 0.25) is 0 Å². The van der Waals surface area contributed by atoms with Gasteiger partial charge in [-0.25, -0.2) is 0 Å². The SMILES string of the molecule is CCC(C)N=CCC1CCCC1. The Hall–Kier alpha value is -0.330. The van der Waals surface area contributed by atoms with Gasteiger partial charge in [-0.3, -0.25) is 4.99 Å². The van der Waals surface area contributed by atoms with Gasteiger partial charge in [-0.05, 0) is 31.9 Å². The predicted molar refractivity (Wildman–Crippen MR) is 54.8 cm³/mol. The van der Waals surface area contributed by atoms with E-state index in [9.17, 15) is 0 Å². The molecule has 0 bridgehead atoms. The van der Waals surface area contributed by atoms with Crippen LogP contribution in [0.15, 0.2) is 4.99 Å². The Morgan fingerprint density at radius 1 is 1.42 bits per heavy atom. The molecule has 1 aliphatic rings. The zero-order valence-electron chi connectivity index (χ0n) is 8.42. The normalized spacial score (nSPS) is 22.2. The minimum absolute atomic E-state index is 0.534. The molecule has 0 aromatic carbocycles. The minimum atomic E-state index is 0.534. The highest BCUT2D eigenvalue weighted by atomic mass is 14.7. The third kappa shape index (κ3) is 3.38. The molecule has 0 amide bonds. The topological polar surface area (TPSA) is 12.4 Å². The maximum absolute atomic E-state index is 4.48. The molecule has 0 spiro atoms. The highest BCUT2D eigenvalue weighted by Gasteiger charge is 2.12. The van der Waals surface area contributed by atoms with Crippen LogP contribution < -0.4 is 0 Å². The van der Waals surface area contributed by atoms with Gasteiger partial charge in [0.15, 0.2) is 0 Å². The third-order valence-corrected chi connectivity index (χ3v) is 2.86. The molecular formula is C11H21N. The molecule has 0 N–H and O–H groups in total. The number of hydrogen-bond acceptors (Lipinski definition) is 1. The standard InChI is InChI=1S/C11H21N/c1-3-10(2)12-9-8-11-6-4-5-7-11/h9-11H,3-8H2,1-2H3. The second kappa shape index (κ2) is 5.34. The average Bonchev–Trinajstić information content (AvgIpc) is 2.57. The molecule has 1 rings (SSSR count). The molecule has 1 atom stereocenters. The van der Waals surface area contributed by atoms with Gasteiger partial charge in [-0.2, -0.15) is 0 Å². The molecule has 1 aliphatic carbocycles. The summed E-state index contributed by atoms with van der Waals surface area (Å²) in [5, 5.41) is 0. The quantitative estimate of drug-likeness (QED) is 0.569. The van der Waals surface area contributed by atoms with E-state index in [-0.39, 0.29) is 0 Å². The lowest BCUT2D eigenvalue weighted by molar-refractivity contribution is 0.574. The van der Waals surface area contributed by atoms with Crippen LogP contribution in [0.3, 0.4) is 0 Å². The van der Waals surface area contributed by atoms with Crippen molar-refractivity contribution >= 4 is 6.21 Å². The number of nitrogens with zero attached hydrogens (tertiary/aromatic N) is 1. The summed E-state index contributed by atoms with van der Waals surface area (Å²) in [6.07, 6.45) is 10.3. The molecule has 1 nitrogen and oxygen atoms in total. The van der Waals surface area contributed by atoms with E-state index in [0.717, 1.165) is 5.92 Å². The van der Waals surface area contributed by atoms with Crippen molar-refractivity contribution in [1.82, 2.24) is 0 Å². The van der Waals surface area contributed by atoms with Gasteiger partial charge in [-0.1, -0.05) is 32.6 Å². The molecule has 1 unspecified atom stereocenters. The summed E-state index contributed by atoms with van der Waals surface area (Å²) in [6, 6.07) is 0.534. The van der Waals surface area contributed by atoms with E-state index in [2.05, 4.69) is 25.1 Å². The molecule has 1 fully saturated rings. The molecular weight excluding hydrogens is 146 g/mol. The molecule has 70 valence electrons. The lowest BCUT2D eigenvalue weighted by atomic mass is 10.1. The summed E-state index contributed by atoms with van der Waals surface area (Å²) in [5.41, 5.74) is 0. The Labute approximate surface area is 76.3 Å². The van der Waals surface area contributed by atoms with Gasteiger partial charge in [0.25, 0.3) is 0 Å². The molecule has 0 radical (unpaired) electrons. The summed E-state index contributed by atoms with van der Waals surface area (Å²) in [7, 11) is 0. The fourth-order valence-electron chi connectivity index (χ4n) is 1.74. The first-order valence-corrected chi connectivity index (χ1v) is 5.34. The summed E-state index contributed by atoms with van der Waals surface area (Å²) in [6.45, 7) is 4.38. The highest BCUT2D eigenvalue weighted by molar-refractivity contribution is 5.57. The highest BCUT2D eigenvalue weighted by Crippen LogP contribution is 2.26. The van der Waals surface area contributed by atoms with Crippen molar-refractivity contribution in [3.8, 4) is 0 Å². The second-order valence-corrected chi connectivity index (χ2v) is 3.98. The Bertz CT molecular complexity index is 134. The van der Waals surface area contributed by atoms with Crippen molar-refractivity contribution < 1.29 is 0 Å². The number of rotatable bonds is 4. The van der Waals surface area contributed by atoms with Crippen LogP contribution in [-0.2, 0) is 0 Å². The first kappa shape index (κ1) is 9.76. The van der Waals surface area contributed by atoms with Gasteiger partial charge in [0.05, 0.1) is 0 Å². The summed E-state index contributed by atoms with van der Waals surface area (Å²) < 4.78 is 0. The van der Waals surface area contributed by atoms with Crippen LogP contribution in [0, 0.1) is 5.92 Å². The maximum Gasteiger partial charge on any atom is 0.0464 e. The van der Waals surface area contributed by atoms with Crippen LogP contribution in [0.25, 0.3) is 0 Å². The molecule has 0 saturated heterocycles. The predicted octanol–water partition coefficient (Wildman–Crippen LogP) is 3.44. The zero-order valence-corrected chi connectivity index (χ0v) is 8.42. The average molecular weight is 167 g/mol. The largest absolute Gasteiger partial charge is 0.295 e. The zero-order chi connectivity index (χ0) is 8.81. The van der Waals surface area contributed by atoms with Gasteiger partial charge < -0.3 is 0 Å². The van der Waals surface area contributed by atoms with Crippen LogP contribution in [0.4, 0.5) is 0 Å². The Balaban J connectivity index is 2.10. The van der Waals surface area contributed by atoms with Crippen molar-refractivity contribution in [3.05, 3.63) is 0 Å². The Morgan fingerprint density at radius 2 is 2.08 bits per heavy atom. The van der Waals surface area contributed by atoms with E-state index < -0.39 is 0 Å². The van der Waals surface area contributed by atoms with Crippen molar-refractivity contribution in [2.75, 3.05) is 0 Å². The first-order valence-electron chi connectivity index (χ1n) is 5.34. The molecule has 0 aromatic rings. The molecule has 12 heavy (non-hydrogen) atoms. The lowest BCUT2D eigenvalue weighted by Gasteiger charge is -2.04. The lowest BCUT2D eigenvalue weighted by Crippen LogP contribution is -1.98. The van der Waals surface area contributed by atoms with Crippen molar-refractivity contribution in [2.45, 2.75) is 58.4 Å². The summed E-state index contributed by atoms with van der Waals surface area (Å²) in [4.78, 5) is 4.48. The van der Waals surface area contributed by atoms with Gasteiger partial charge in [-0.15, -0.1) is 0 Å². The van der Waals surface area contributed by atoms with Crippen LogP contribution in [-0.4, -0.2) is 12.3 Å². The molecule has 0 aliphatic heterocycles. The molecule has 1 heteroatoms. The second-order valence-electron chi connectivity index (χ2n) is 3.98. The molecule has 0 aromatic heterocycles. The van der Waals surface area contributed by atoms with Crippen LogP contribution in [0.1, 0.15) is 52.4 Å². The van der Waals surface area contributed by atoms with Gasteiger partial charge in [0.1, 0.15) is 0 Å². The molecule has 1 saturated carbocycles. The van der Waals surface area contributed by atoms with Gasteiger partial charge in [0, 0.05) is 6.04 Å². The van der Waals surface area contributed by atoms with E-state index in [4.69, 9.17) is 0 Å². The third-order valence-electron chi connectivity index (χ3n) is 2.86. The molecule has 0 heterocycles. The monoisotopic (exact) mass is 167 g/mol. The van der Waals surface area contributed by atoms with Crippen LogP contribution >= 0.6 is 0 Å². The maximum atomic E-state index is 4.48. The van der Waals surface area contributed by atoms with E-state index >= 15 is 0 Å². The Kier molecular flexibility index (Phi) is 4.34. The van der Waals surface area contributed by atoms with Crippen molar-refractivity contribution in [1.29, 1.82) is 0 Å². The van der Waals surface area contributed by atoms with E-state index in [0.29, 0.717) is 6.04 Å². The van der Waals surface area contributed by atoms with Gasteiger partial charge >= 0.3 is 0 Å². The summed E-state index contributed by atoms with van der Waals surface area (Å²) >= 11 is 0. The Morgan fingerprint density at radius 3 is 2.67 bits per heavy atom. The fraction of sp³-hybridized carbons (Fsp3) is 0.909. The van der Waals surface area contributed by atoms with Crippen molar-refractivity contribution in [3.63, 3.8) is 0 Å². The minimum Gasteiger partial charge on any atom is -0.295 e. The number of hydrogen-bond donors (Lipinski definition) is 0. The van der Waals surface area contributed by atoms with Crippen molar-refractivity contribution in [2.24, 2.45) is 10.9 Å². The summed E-state index contributed by atoms with van der Waals surface area (Å²) in [5.74, 6) is 0.956. The number of aliphatic imine (C=N–C) groups is 1. The van der Waals surface area contributed by atoms with Crippen LogP contribution in [0.5, 0.6) is 0 Å². The van der Waals surface area contributed by atoms with E-state index in [1.54, 1.807) is 0 Å². The van der Waals surface area contributed by atoms with E-state index in [1.807, 2.05) is 0 Å². The van der Waals surface area contributed by atoms with E-state index in [1.165, 1.54) is 38.5 Å².